The summed E-state index contributed by atoms with van der Waals surface area (Å²) in [6.07, 6.45) is 5.36. The van der Waals surface area contributed by atoms with E-state index in [2.05, 4.69) is 5.10 Å². The van der Waals surface area contributed by atoms with Crippen molar-refractivity contribution in [1.29, 1.82) is 0 Å². The van der Waals surface area contributed by atoms with Crippen LogP contribution in [0.3, 0.4) is 0 Å². The minimum absolute atomic E-state index is 0.0326. The molecule has 2 saturated heterocycles. The number of amides is 2. The molecular formula is C18H26N4O5. The molecule has 1 aromatic heterocycles. The third-order valence-corrected chi connectivity index (χ3v) is 5.36. The normalized spacial score (nSPS) is 20.0. The number of rotatable bonds is 7. The molecule has 3 rings (SSSR count). The van der Waals surface area contributed by atoms with Gasteiger partial charge in [0.2, 0.25) is 5.91 Å². The molecule has 1 aromatic rings. The minimum Gasteiger partial charge on any atom is -0.481 e. The van der Waals surface area contributed by atoms with E-state index < -0.39 is 11.6 Å². The number of hydrogen-bond donors (Lipinski definition) is 1. The molecule has 0 unspecified atom stereocenters. The number of aromatic nitrogens is 2. The number of aliphatic carboxylic acids is 1. The van der Waals surface area contributed by atoms with Gasteiger partial charge in [-0.25, -0.2) is 4.79 Å². The quantitative estimate of drug-likeness (QED) is 0.771. The van der Waals surface area contributed by atoms with Crippen LogP contribution >= 0.6 is 0 Å². The third-order valence-electron chi connectivity index (χ3n) is 5.36. The average molecular weight is 378 g/mol. The summed E-state index contributed by atoms with van der Waals surface area (Å²) in [7, 11) is 0. The summed E-state index contributed by atoms with van der Waals surface area (Å²) in [5.74, 6) is -0.828. The zero-order valence-corrected chi connectivity index (χ0v) is 15.5. The van der Waals surface area contributed by atoms with Crippen molar-refractivity contribution in [2.24, 2.45) is 0 Å². The van der Waals surface area contributed by atoms with Gasteiger partial charge in [0.15, 0.2) is 0 Å². The monoisotopic (exact) mass is 378 g/mol. The van der Waals surface area contributed by atoms with Crippen LogP contribution in [0.2, 0.25) is 0 Å². The maximum Gasteiger partial charge on any atom is 0.410 e. The van der Waals surface area contributed by atoms with E-state index in [1.807, 2.05) is 11.8 Å². The van der Waals surface area contributed by atoms with Crippen LogP contribution in [0, 0.1) is 0 Å². The number of nitrogens with zero attached hydrogens (tertiary/aromatic N) is 4. The molecule has 3 heterocycles. The molecule has 1 spiro atoms. The highest BCUT2D eigenvalue weighted by Gasteiger charge is 2.47. The molecule has 2 aliphatic rings. The molecule has 0 bridgehead atoms. The predicted molar refractivity (Wildman–Crippen MR) is 95.0 cm³/mol. The summed E-state index contributed by atoms with van der Waals surface area (Å²) in [5, 5.41) is 12.9. The number of carbonyl (C=O) groups is 3. The highest BCUT2D eigenvalue weighted by Crippen LogP contribution is 2.34. The van der Waals surface area contributed by atoms with Crippen molar-refractivity contribution in [3.05, 3.63) is 18.5 Å². The maximum absolute atomic E-state index is 12.9. The van der Waals surface area contributed by atoms with Crippen LogP contribution in [0.15, 0.2) is 18.5 Å². The first kappa shape index (κ1) is 19.2. The standard InChI is InChI=1S/C18H26N4O5/c1-2-14(22-10-4-8-19-22)16(25)20-11-6-18(7-12-20)13-21(17(26)27-18)9-3-5-15(23)24/h4,8,10,14H,2-3,5-7,9,11-13H2,1H3,(H,23,24)/t14-/m1/s1. The molecule has 0 aromatic carbocycles. The first-order valence-corrected chi connectivity index (χ1v) is 9.42. The molecule has 0 saturated carbocycles. The largest absolute Gasteiger partial charge is 0.481 e. The van der Waals surface area contributed by atoms with Gasteiger partial charge in [0, 0.05) is 51.3 Å². The van der Waals surface area contributed by atoms with E-state index in [1.165, 1.54) is 0 Å². The summed E-state index contributed by atoms with van der Waals surface area (Å²) < 4.78 is 7.32. The molecule has 9 heteroatoms. The first-order valence-electron chi connectivity index (χ1n) is 9.42. The zero-order valence-electron chi connectivity index (χ0n) is 15.5. The Morgan fingerprint density at radius 3 is 2.70 bits per heavy atom. The smallest absolute Gasteiger partial charge is 0.410 e. The van der Waals surface area contributed by atoms with Crippen molar-refractivity contribution < 1.29 is 24.2 Å². The molecule has 148 valence electrons. The number of piperidine rings is 1. The van der Waals surface area contributed by atoms with E-state index in [0.717, 1.165) is 0 Å². The Morgan fingerprint density at radius 2 is 2.11 bits per heavy atom. The predicted octanol–water partition coefficient (Wildman–Crippen LogP) is 1.51. The topological polar surface area (TPSA) is 105 Å². The lowest BCUT2D eigenvalue weighted by Crippen LogP contribution is -2.50. The summed E-state index contributed by atoms with van der Waals surface area (Å²) in [6, 6.07) is 1.49. The van der Waals surface area contributed by atoms with Gasteiger partial charge in [-0.05, 0) is 18.9 Å². The Kier molecular flexibility index (Phi) is 5.67. The Hall–Kier alpha value is -2.58. The summed E-state index contributed by atoms with van der Waals surface area (Å²) in [5.41, 5.74) is -0.565. The van der Waals surface area contributed by atoms with Crippen LogP contribution in [-0.2, 0) is 14.3 Å². The summed E-state index contributed by atoms with van der Waals surface area (Å²) in [4.78, 5) is 39.0. The van der Waals surface area contributed by atoms with E-state index in [4.69, 9.17) is 9.84 Å². The number of likely N-dealkylation sites (tertiary alicyclic amines) is 1. The van der Waals surface area contributed by atoms with Gasteiger partial charge in [0.05, 0.1) is 6.54 Å². The van der Waals surface area contributed by atoms with Gasteiger partial charge >= 0.3 is 12.1 Å². The molecule has 2 aliphatic heterocycles. The van der Waals surface area contributed by atoms with E-state index in [1.54, 1.807) is 28.0 Å². The molecular weight excluding hydrogens is 352 g/mol. The van der Waals surface area contributed by atoms with Gasteiger partial charge in [0.25, 0.3) is 0 Å². The number of carbonyl (C=O) groups excluding carboxylic acids is 2. The van der Waals surface area contributed by atoms with Crippen LogP contribution in [0.25, 0.3) is 0 Å². The van der Waals surface area contributed by atoms with E-state index in [-0.39, 0.29) is 24.5 Å². The zero-order chi connectivity index (χ0) is 19.4. The van der Waals surface area contributed by atoms with Crippen molar-refractivity contribution in [2.75, 3.05) is 26.2 Å². The second-order valence-corrected chi connectivity index (χ2v) is 7.21. The first-order chi connectivity index (χ1) is 12.9. The third kappa shape index (κ3) is 4.23. The average Bonchev–Trinajstić information content (AvgIpc) is 3.25. The molecule has 1 N–H and O–H groups in total. The van der Waals surface area contributed by atoms with Gasteiger partial charge in [0.1, 0.15) is 11.6 Å². The molecule has 0 aliphatic carbocycles. The van der Waals surface area contributed by atoms with E-state index >= 15 is 0 Å². The van der Waals surface area contributed by atoms with E-state index in [9.17, 15) is 14.4 Å². The van der Waals surface area contributed by atoms with Gasteiger partial charge < -0.3 is 19.6 Å². The molecule has 27 heavy (non-hydrogen) atoms. The van der Waals surface area contributed by atoms with Gasteiger partial charge in [-0.15, -0.1) is 0 Å². The van der Waals surface area contributed by atoms with E-state index in [0.29, 0.717) is 51.9 Å². The molecule has 9 nitrogen and oxygen atoms in total. The van der Waals surface area contributed by atoms with Crippen LogP contribution in [0.4, 0.5) is 4.79 Å². The van der Waals surface area contributed by atoms with Crippen LogP contribution in [0.5, 0.6) is 0 Å². The maximum atomic E-state index is 12.9. The molecule has 2 amide bonds. The Morgan fingerprint density at radius 1 is 1.37 bits per heavy atom. The van der Waals surface area contributed by atoms with Crippen molar-refractivity contribution in [1.82, 2.24) is 19.6 Å². The fourth-order valence-electron chi connectivity index (χ4n) is 3.83. The Balaban J connectivity index is 1.54. The highest BCUT2D eigenvalue weighted by atomic mass is 16.6. The fraction of sp³-hybridized carbons (Fsp3) is 0.667. The number of ether oxygens (including phenoxy) is 1. The van der Waals surface area contributed by atoms with Crippen molar-refractivity contribution in [3.8, 4) is 0 Å². The number of carboxylic acids is 1. The summed E-state index contributed by atoms with van der Waals surface area (Å²) in [6.45, 7) is 3.87. The molecule has 0 radical (unpaired) electrons. The molecule has 1 atom stereocenters. The minimum atomic E-state index is -0.869. The van der Waals surface area contributed by atoms with Crippen LogP contribution in [-0.4, -0.2) is 74.4 Å². The summed E-state index contributed by atoms with van der Waals surface area (Å²) >= 11 is 0. The fourth-order valence-corrected chi connectivity index (χ4v) is 3.83. The second-order valence-electron chi connectivity index (χ2n) is 7.21. The van der Waals surface area contributed by atoms with Gasteiger partial charge in [-0.1, -0.05) is 6.92 Å². The Bertz CT molecular complexity index is 682. The van der Waals surface area contributed by atoms with Crippen LogP contribution < -0.4 is 0 Å². The lowest BCUT2D eigenvalue weighted by Gasteiger charge is -2.38. The van der Waals surface area contributed by atoms with Crippen molar-refractivity contribution >= 4 is 18.0 Å². The Labute approximate surface area is 157 Å². The van der Waals surface area contributed by atoms with Gasteiger partial charge in [-0.2, -0.15) is 5.10 Å². The number of carboxylic acid groups (broad SMARTS) is 1. The number of hydrogen-bond acceptors (Lipinski definition) is 5. The lowest BCUT2D eigenvalue weighted by molar-refractivity contribution is -0.139. The van der Waals surface area contributed by atoms with Crippen molar-refractivity contribution in [3.63, 3.8) is 0 Å². The van der Waals surface area contributed by atoms with Crippen molar-refractivity contribution in [2.45, 2.75) is 50.7 Å². The SMILES string of the molecule is CC[C@H](C(=O)N1CCC2(CC1)CN(CCCC(=O)O)C(=O)O2)n1cccn1. The second kappa shape index (κ2) is 7.98. The lowest BCUT2D eigenvalue weighted by atomic mass is 9.91. The molecule has 2 fully saturated rings. The van der Waals surface area contributed by atoms with Crippen LogP contribution in [0.1, 0.15) is 45.1 Å². The van der Waals surface area contributed by atoms with Gasteiger partial charge in [-0.3, -0.25) is 14.3 Å². The highest BCUT2D eigenvalue weighted by molar-refractivity contribution is 5.80.